The average Bonchev–Trinajstić information content (AvgIpc) is 2.44. The number of carbonyl (C=O) groups excluding carboxylic acids is 1. The van der Waals surface area contributed by atoms with Crippen LogP contribution in [0.15, 0.2) is 47.4 Å². The lowest BCUT2D eigenvalue weighted by molar-refractivity contribution is -0.154. The number of esters is 1. The van der Waals surface area contributed by atoms with Crippen LogP contribution < -0.4 is 4.72 Å². The fourth-order valence-corrected chi connectivity index (χ4v) is 3.16. The SMILES string of the molecule is CC(C)(C)OC(=O)CCNS(=O)(=O)c1ccc2ccccc2c1. The Morgan fingerprint density at radius 3 is 2.39 bits per heavy atom. The number of rotatable bonds is 5. The topological polar surface area (TPSA) is 72.5 Å². The Bertz CT molecular complexity index is 807. The number of hydrogen-bond acceptors (Lipinski definition) is 4. The Balaban J connectivity index is 2.02. The molecule has 0 aliphatic heterocycles. The van der Waals surface area contributed by atoms with Crippen molar-refractivity contribution in [3.63, 3.8) is 0 Å². The lowest BCUT2D eigenvalue weighted by Crippen LogP contribution is -2.29. The van der Waals surface area contributed by atoms with Crippen molar-refractivity contribution in [2.24, 2.45) is 0 Å². The minimum atomic E-state index is -3.65. The molecule has 0 atom stereocenters. The molecule has 0 aromatic heterocycles. The first-order valence-electron chi connectivity index (χ1n) is 7.38. The minimum absolute atomic E-state index is 0.00404. The van der Waals surface area contributed by atoms with Crippen molar-refractivity contribution in [2.45, 2.75) is 37.7 Å². The highest BCUT2D eigenvalue weighted by Crippen LogP contribution is 2.18. The van der Waals surface area contributed by atoms with Gasteiger partial charge in [0.05, 0.1) is 11.3 Å². The third-order valence-electron chi connectivity index (χ3n) is 3.07. The molecule has 0 radical (unpaired) electrons. The van der Waals surface area contributed by atoms with E-state index in [2.05, 4.69) is 4.72 Å². The Morgan fingerprint density at radius 2 is 1.74 bits per heavy atom. The van der Waals surface area contributed by atoms with Crippen LogP contribution in [0.3, 0.4) is 0 Å². The maximum atomic E-state index is 12.3. The molecule has 1 N–H and O–H groups in total. The Hall–Kier alpha value is -1.92. The molecule has 0 fully saturated rings. The van der Waals surface area contributed by atoms with Crippen LogP contribution in [0, 0.1) is 0 Å². The highest BCUT2D eigenvalue weighted by molar-refractivity contribution is 7.89. The predicted octanol–water partition coefficient (Wildman–Crippen LogP) is 2.85. The van der Waals surface area contributed by atoms with Gasteiger partial charge in [-0.25, -0.2) is 13.1 Å². The van der Waals surface area contributed by atoms with E-state index in [9.17, 15) is 13.2 Å². The van der Waals surface area contributed by atoms with Gasteiger partial charge in [0.1, 0.15) is 5.60 Å². The third kappa shape index (κ3) is 5.04. The molecule has 0 aliphatic carbocycles. The maximum absolute atomic E-state index is 12.3. The van der Waals surface area contributed by atoms with Crippen LogP contribution in [0.5, 0.6) is 0 Å². The van der Waals surface area contributed by atoms with E-state index in [0.29, 0.717) is 0 Å². The molecule has 0 aliphatic rings. The van der Waals surface area contributed by atoms with Gasteiger partial charge in [-0.3, -0.25) is 4.79 Å². The zero-order valence-corrected chi connectivity index (χ0v) is 14.3. The second kappa shape index (κ2) is 6.68. The summed E-state index contributed by atoms with van der Waals surface area (Å²) in [5.41, 5.74) is -0.575. The molecule has 0 unspecified atom stereocenters. The first-order chi connectivity index (χ1) is 10.7. The summed E-state index contributed by atoms with van der Waals surface area (Å²) in [7, 11) is -3.65. The zero-order valence-electron chi connectivity index (χ0n) is 13.5. The van der Waals surface area contributed by atoms with E-state index in [4.69, 9.17) is 4.74 Å². The summed E-state index contributed by atoms with van der Waals surface area (Å²) in [6.07, 6.45) is -0.00984. The molecule has 23 heavy (non-hydrogen) atoms. The van der Waals surface area contributed by atoms with Crippen molar-refractivity contribution in [1.82, 2.24) is 4.72 Å². The van der Waals surface area contributed by atoms with Crippen LogP contribution in [0.1, 0.15) is 27.2 Å². The van der Waals surface area contributed by atoms with Crippen LogP contribution >= 0.6 is 0 Å². The van der Waals surface area contributed by atoms with E-state index in [1.54, 1.807) is 39.0 Å². The standard InChI is InChI=1S/C17H21NO4S/c1-17(2,3)22-16(19)10-11-18-23(20,21)15-9-8-13-6-4-5-7-14(13)12-15/h4-9,12,18H,10-11H2,1-3H3. The number of carbonyl (C=O) groups is 1. The molecule has 5 nitrogen and oxygen atoms in total. The van der Waals surface area contributed by atoms with Crippen molar-refractivity contribution in [3.8, 4) is 0 Å². The molecule has 2 aromatic carbocycles. The molecule has 124 valence electrons. The lowest BCUT2D eigenvalue weighted by atomic mass is 10.1. The number of benzene rings is 2. The van der Waals surface area contributed by atoms with Crippen molar-refractivity contribution in [2.75, 3.05) is 6.54 Å². The molecule has 6 heteroatoms. The molecule has 2 rings (SSSR count). The van der Waals surface area contributed by atoms with Crippen LogP contribution in [0.2, 0.25) is 0 Å². The molecule has 0 bridgehead atoms. The third-order valence-corrected chi connectivity index (χ3v) is 4.53. The van der Waals surface area contributed by atoms with Gasteiger partial charge in [0, 0.05) is 6.54 Å². The summed E-state index contributed by atoms with van der Waals surface area (Å²) in [6.45, 7) is 5.31. The van der Waals surface area contributed by atoms with Crippen molar-refractivity contribution in [1.29, 1.82) is 0 Å². The summed E-state index contributed by atoms with van der Waals surface area (Å²) in [5, 5.41) is 1.82. The quantitative estimate of drug-likeness (QED) is 0.853. The van der Waals surface area contributed by atoms with Gasteiger partial charge in [-0.05, 0) is 43.7 Å². The highest BCUT2D eigenvalue weighted by atomic mass is 32.2. The molecule has 0 heterocycles. The van der Waals surface area contributed by atoms with Gasteiger partial charge >= 0.3 is 5.97 Å². The number of hydrogen-bond donors (Lipinski definition) is 1. The molecule has 0 saturated heterocycles. The van der Waals surface area contributed by atoms with E-state index in [0.717, 1.165) is 10.8 Å². The number of fused-ring (bicyclic) bond motifs is 1. The summed E-state index contributed by atoms with van der Waals surface area (Å²) >= 11 is 0. The summed E-state index contributed by atoms with van der Waals surface area (Å²) in [5.74, 6) is -0.432. The van der Waals surface area contributed by atoms with Crippen LogP contribution in [0.4, 0.5) is 0 Å². The molecular weight excluding hydrogens is 314 g/mol. The Morgan fingerprint density at radius 1 is 1.09 bits per heavy atom. The zero-order chi connectivity index (χ0) is 17.1. The smallest absolute Gasteiger partial charge is 0.307 e. The first-order valence-corrected chi connectivity index (χ1v) is 8.86. The minimum Gasteiger partial charge on any atom is -0.460 e. The summed E-state index contributed by atoms with van der Waals surface area (Å²) in [6, 6.07) is 12.5. The van der Waals surface area contributed by atoms with Crippen molar-refractivity contribution in [3.05, 3.63) is 42.5 Å². The number of sulfonamides is 1. The van der Waals surface area contributed by atoms with E-state index in [1.165, 1.54) is 0 Å². The predicted molar refractivity (Wildman–Crippen MR) is 89.6 cm³/mol. The summed E-state index contributed by atoms with van der Waals surface area (Å²) in [4.78, 5) is 11.8. The van der Waals surface area contributed by atoms with Crippen LogP contribution in [-0.4, -0.2) is 26.5 Å². The average molecular weight is 335 g/mol. The molecule has 2 aromatic rings. The molecule has 0 saturated carbocycles. The van der Waals surface area contributed by atoms with E-state index in [-0.39, 0.29) is 17.9 Å². The summed E-state index contributed by atoms with van der Waals surface area (Å²) < 4.78 is 32.1. The van der Waals surface area contributed by atoms with Gasteiger partial charge < -0.3 is 4.74 Å². The fourth-order valence-electron chi connectivity index (χ4n) is 2.10. The Labute approximate surface area is 136 Å². The molecule has 0 amide bonds. The van der Waals surface area contributed by atoms with Crippen molar-refractivity contribution >= 4 is 26.8 Å². The lowest BCUT2D eigenvalue weighted by Gasteiger charge is -2.19. The van der Waals surface area contributed by atoms with Crippen LogP contribution in [0.25, 0.3) is 10.8 Å². The highest BCUT2D eigenvalue weighted by Gasteiger charge is 2.18. The maximum Gasteiger partial charge on any atom is 0.307 e. The van der Waals surface area contributed by atoms with Crippen LogP contribution in [-0.2, 0) is 19.6 Å². The molecular formula is C17H21NO4S. The van der Waals surface area contributed by atoms with E-state index >= 15 is 0 Å². The normalized spacial score (nSPS) is 12.3. The van der Waals surface area contributed by atoms with Gasteiger partial charge in [-0.15, -0.1) is 0 Å². The van der Waals surface area contributed by atoms with Gasteiger partial charge in [0.25, 0.3) is 0 Å². The fraction of sp³-hybridized carbons (Fsp3) is 0.353. The van der Waals surface area contributed by atoms with E-state index < -0.39 is 21.6 Å². The van der Waals surface area contributed by atoms with Gasteiger partial charge in [0.15, 0.2) is 0 Å². The first kappa shape index (κ1) is 17.4. The van der Waals surface area contributed by atoms with Gasteiger partial charge in [-0.2, -0.15) is 0 Å². The van der Waals surface area contributed by atoms with E-state index in [1.807, 2.05) is 24.3 Å². The van der Waals surface area contributed by atoms with Crippen molar-refractivity contribution < 1.29 is 17.9 Å². The number of nitrogens with one attached hydrogen (secondary N) is 1. The largest absolute Gasteiger partial charge is 0.460 e. The molecule has 0 spiro atoms. The van der Waals surface area contributed by atoms with Gasteiger partial charge in [-0.1, -0.05) is 30.3 Å². The van der Waals surface area contributed by atoms with Gasteiger partial charge in [0.2, 0.25) is 10.0 Å². The second-order valence-electron chi connectivity index (χ2n) is 6.24. The monoisotopic (exact) mass is 335 g/mol. The second-order valence-corrected chi connectivity index (χ2v) is 8.01. The number of ether oxygens (including phenoxy) is 1. The Kier molecular flexibility index (Phi) is 5.06.